The summed E-state index contributed by atoms with van der Waals surface area (Å²) in [5.74, 6) is 0.206. The van der Waals surface area contributed by atoms with Crippen LogP contribution in [0.4, 0.5) is 4.39 Å². The van der Waals surface area contributed by atoms with E-state index in [1.54, 1.807) is 12.1 Å². The summed E-state index contributed by atoms with van der Waals surface area (Å²) < 4.78 is 19.2. The molecule has 30 heavy (non-hydrogen) atoms. The van der Waals surface area contributed by atoms with Gasteiger partial charge in [-0.1, -0.05) is 41.9 Å². The van der Waals surface area contributed by atoms with Gasteiger partial charge in [0, 0.05) is 29.6 Å². The summed E-state index contributed by atoms with van der Waals surface area (Å²) >= 11 is 11.9. The molecule has 3 nitrogen and oxygen atoms in total. The molecule has 0 saturated carbocycles. The highest BCUT2D eigenvalue weighted by molar-refractivity contribution is 7.80. The van der Waals surface area contributed by atoms with Gasteiger partial charge in [0.15, 0.2) is 0 Å². The Morgan fingerprint density at radius 1 is 1.10 bits per heavy atom. The average molecular weight is 439 g/mol. The molecule has 3 aromatic carbocycles. The number of rotatable bonds is 2. The number of halogens is 2. The van der Waals surface area contributed by atoms with Crippen LogP contribution in [-0.2, 0) is 6.42 Å². The summed E-state index contributed by atoms with van der Waals surface area (Å²) in [6.45, 7) is 0.700. The number of ether oxygens (including phenoxy) is 1. The summed E-state index contributed by atoms with van der Waals surface area (Å²) in [7, 11) is 0. The number of nitrogens with one attached hydrogen (secondary N) is 1. The van der Waals surface area contributed by atoms with Crippen LogP contribution >= 0.6 is 23.8 Å². The number of fused-ring (bicyclic) bond motifs is 3. The summed E-state index contributed by atoms with van der Waals surface area (Å²) in [5, 5.41) is 2.22. The maximum Gasteiger partial charge on any atom is 0.265 e. The summed E-state index contributed by atoms with van der Waals surface area (Å²) in [6.07, 6.45) is 0.811. The van der Waals surface area contributed by atoms with Crippen LogP contribution in [0.15, 0.2) is 72.8 Å². The Balaban J connectivity index is 0.00000231. The van der Waals surface area contributed by atoms with Crippen molar-refractivity contribution in [3.05, 3.63) is 100 Å². The lowest BCUT2D eigenvalue weighted by atomic mass is 9.93. The zero-order valence-electron chi connectivity index (χ0n) is 15.9. The molecule has 6 heteroatoms. The molecule has 1 atom stereocenters. The van der Waals surface area contributed by atoms with Crippen LogP contribution in [0.25, 0.3) is 10.9 Å². The third-order valence-corrected chi connectivity index (χ3v) is 6.01. The molecule has 0 spiro atoms. The Labute approximate surface area is 185 Å². The van der Waals surface area contributed by atoms with E-state index in [0.717, 1.165) is 33.6 Å². The van der Waals surface area contributed by atoms with Gasteiger partial charge in [0.2, 0.25) is 0 Å². The number of hydrogen-bond acceptors (Lipinski definition) is 2. The van der Waals surface area contributed by atoms with Gasteiger partial charge in [-0.05, 0) is 72.2 Å². The van der Waals surface area contributed by atoms with Gasteiger partial charge < -0.3 is 14.6 Å². The van der Waals surface area contributed by atoms with Gasteiger partial charge in [-0.3, -0.25) is 0 Å². The van der Waals surface area contributed by atoms with Crippen molar-refractivity contribution < 1.29 is 10.6 Å². The minimum atomic E-state index is -0.310. The molecule has 5 rings (SSSR count). The Hall–Kier alpha value is -2.89. The fourth-order valence-corrected chi connectivity index (χ4v) is 4.57. The molecule has 0 radical (unpaired) electrons. The predicted molar refractivity (Wildman–Crippen MR) is 124 cm³/mol. The molecule has 1 aliphatic rings. The van der Waals surface area contributed by atoms with Gasteiger partial charge in [-0.2, -0.15) is 0 Å². The van der Waals surface area contributed by atoms with E-state index >= 15 is 0 Å². The average Bonchev–Trinajstić information content (AvgIpc) is 3.13. The van der Waals surface area contributed by atoms with Crippen LogP contribution in [0, 0.1) is 5.82 Å². The maximum absolute atomic E-state index is 13.2. The Morgan fingerprint density at radius 2 is 1.87 bits per heavy atom. The number of thiocarbonyl (C=S) groups is 1. The third kappa shape index (κ3) is 3.44. The lowest BCUT2D eigenvalue weighted by Gasteiger charge is -2.37. The molecule has 0 bridgehead atoms. The fraction of sp³-hybridized carbons (Fsp3) is 0.125. The fourth-order valence-electron chi connectivity index (χ4n) is 4.10. The number of hydrogen-bond donors (Lipinski definition) is 1. The molecule has 2 heterocycles. The number of benzene rings is 3. The molecule has 1 unspecified atom stereocenters. The van der Waals surface area contributed by atoms with Crippen molar-refractivity contribution in [1.82, 2.24) is 9.88 Å². The first kappa shape index (κ1) is 19.1. The molecule has 1 N–H and O–H groups in total. The minimum Gasteiger partial charge on any atom is -0.432 e. The molecule has 1 aromatic heterocycles. The van der Waals surface area contributed by atoms with Crippen LogP contribution in [0.1, 0.15) is 24.3 Å². The van der Waals surface area contributed by atoms with Gasteiger partial charge in [-0.25, -0.2) is 4.39 Å². The van der Waals surface area contributed by atoms with Crippen molar-refractivity contribution in [1.29, 1.82) is 0 Å². The lowest BCUT2D eigenvalue weighted by Crippen LogP contribution is -2.42. The number of nitrogens with zero attached hydrogens (tertiary/aromatic N) is 1. The number of aromatic amines is 1. The molecule has 0 aliphatic carbocycles. The van der Waals surface area contributed by atoms with E-state index in [-0.39, 0.29) is 13.3 Å². The molecular formula is C24H20ClFN2OS. The summed E-state index contributed by atoms with van der Waals surface area (Å²) in [6, 6.07) is 21.9. The second-order valence-corrected chi connectivity index (χ2v) is 8.07. The first-order valence-electron chi connectivity index (χ1n) is 9.69. The molecule has 1 aliphatic heterocycles. The predicted octanol–water partition coefficient (Wildman–Crippen LogP) is 6.52. The van der Waals surface area contributed by atoms with E-state index < -0.39 is 0 Å². The standard InChI is InChI=1S/C24H18ClFN2OS.H2/c25-16-6-11-21-20(14-16)19-12-13-28(24(30)29-18-9-7-17(26)8-10-18)23(22(19)27-21)15-4-2-1-3-5-15;/h1-11,14,23,27H,12-13H2;1H. The Bertz CT molecular complexity index is 1230. The largest absolute Gasteiger partial charge is 0.432 e. The SMILES string of the molecule is Fc1ccc(OC(=S)N2CCc3c([nH]c4ccc(Cl)cc34)C2c2ccccc2)cc1.[HH]. The molecule has 0 saturated heterocycles. The minimum absolute atomic E-state index is 0. The first-order valence-corrected chi connectivity index (χ1v) is 10.5. The molecule has 152 valence electrons. The molecule has 0 fully saturated rings. The van der Waals surface area contributed by atoms with Crippen molar-refractivity contribution in [3.8, 4) is 5.75 Å². The highest BCUT2D eigenvalue weighted by Crippen LogP contribution is 2.39. The van der Waals surface area contributed by atoms with Crippen LogP contribution in [-0.4, -0.2) is 21.6 Å². The van der Waals surface area contributed by atoms with Crippen molar-refractivity contribution in [2.75, 3.05) is 6.54 Å². The zero-order valence-corrected chi connectivity index (χ0v) is 17.5. The second kappa shape index (κ2) is 7.74. The molecular weight excluding hydrogens is 419 g/mol. The maximum atomic E-state index is 13.2. The van der Waals surface area contributed by atoms with E-state index in [4.69, 9.17) is 28.6 Å². The van der Waals surface area contributed by atoms with Gasteiger partial charge in [0.1, 0.15) is 11.6 Å². The van der Waals surface area contributed by atoms with Crippen molar-refractivity contribution in [2.45, 2.75) is 12.5 Å². The second-order valence-electron chi connectivity index (χ2n) is 7.29. The highest BCUT2D eigenvalue weighted by atomic mass is 35.5. The summed E-state index contributed by atoms with van der Waals surface area (Å²) in [5.41, 5.74) is 4.51. The van der Waals surface area contributed by atoms with E-state index in [0.29, 0.717) is 17.5 Å². The van der Waals surface area contributed by atoms with Crippen molar-refractivity contribution in [2.24, 2.45) is 0 Å². The zero-order chi connectivity index (χ0) is 20.7. The van der Waals surface area contributed by atoms with Crippen molar-refractivity contribution in [3.63, 3.8) is 0 Å². The number of H-pyrrole nitrogens is 1. The van der Waals surface area contributed by atoms with E-state index in [2.05, 4.69) is 22.0 Å². The normalized spacial score (nSPS) is 15.8. The Morgan fingerprint density at radius 3 is 2.63 bits per heavy atom. The summed E-state index contributed by atoms with van der Waals surface area (Å²) in [4.78, 5) is 5.66. The van der Waals surface area contributed by atoms with E-state index in [9.17, 15) is 4.39 Å². The van der Waals surface area contributed by atoms with Crippen LogP contribution in [0.5, 0.6) is 5.75 Å². The van der Waals surface area contributed by atoms with Gasteiger partial charge in [-0.15, -0.1) is 0 Å². The first-order chi connectivity index (χ1) is 14.6. The van der Waals surface area contributed by atoms with Gasteiger partial charge in [0.05, 0.1) is 6.04 Å². The highest BCUT2D eigenvalue weighted by Gasteiger charge is 2.34. The van der Waals surface area contributed by atoms with Crippen molar-refractivity contribution >= 4 is 39.9 Å². The molecule has 4 aromatic rings. The lowest BCUT2D eigenvalue weighted by molar-refractivity contribution is 0.289. The number of aromatic nitrogens is 1. The smallest absolute Gasteiger partial charge is 0.265 e. The third-order valence-electron chi connectivity index (χ3n) is 5.46. The molecule has 0 amide bonds. The Kier molecular flexibility index (Phi) is 4.93. The van der Waals surface area contributed by atoms with E-state index in [1.165, 1.54) is 17.7 Å². The van der Waals surface area contributed by atoms with E-state index in [1.807, 2.05) is 36.4 Å². The van der Waals surface area contributed by atoms with Gasteiger partial charge in [0.25, 0.3) is 5.17 Å². The van der Waals surface area contributed by atoms with Gasteiger partial charge >= 0.3 is 0 Å². The van der Waals surface area contributed by atoms with Crippen LogP contribution < -0.4 is 4.74 Å². The topological polar surface area (TPSA) is 28.3 Å². The van der Waals surface area contributed by atoms with Crippen LogP contribution in [0.3, 0.4) is 0 Å². The quantitative estimate of drug-likeness (QED) is 0.361. The monoisotopic (exact) mass is 438 g/mol. The van der Waals surface area contributed by atoms with Crippen LogP contribution in [0.2, 0.25) is 5.02 Å².